The van der Waals surface area contributed by atoms with Gasteiger partial charge < -0.3 is 19.9 Å². The number of halogens is 10. The summed E-state index contributed by atoms with van der Waals surface area (Å²) in [4.78, 5) is 11.0. The summed E-state index contributed by atoms with van der Waals surface area (Å²) >= 11 is 0.887. The Kier molecular flexibility index (Phi) is 9.79. The van der Waals surface area contributed by atoms with Crippen molar-refractivity contribution >= 4 is 17.7 Å². The minimum absolute atomic E-state index is 0.157. The van der Waals surface area contributed by atoms with Crippen LogP contribution in [0.25, 0.3) is 0 Å². The van der Waals surface area contributed by atoms with Crippen LogP contribution < -0.4 is 5.32 Å². The SMILES string of the molecule is COCCSCC(NCC(OC(F)(F)C(F)(F)C(F)(F)F)C(F)(F)F)C(=O)O. The Bertz CT molecular complexity index is 500. The molecule has 0 aromatic rings. The number of aliphatic carboxylic acids is 1. The first kappa shape index (κ1) is 27.0. The summed E-state index contributed by atoms with van der Waals surface area (Å²) in [5.41, 5.74) is 0. The van der Waals surface area contributed by atoms with Gasteiger partial charge in [-0.1, -0.05) is 0 Å². The number of thioether (sulfide) groups is 1. The van der Waals surface area contributed by atoms with Gasteiger partial charge in [0.2, 0.25) is 0 Å². The molecule has 0 radical (unpaired) electrons. The Labute approximate surface area is 155 Å². The molecule has 0 aromatic heterocycles. The lowest BCUT2D eigenvalue weighted by atomic mass is 10.2. The highest BCUT2D eigenvalue weighted by molar-refractivity contribution is 7.99. The van der Waals surface area contributed by atoms with Gasteiger partial charge in [0.1, 0.15) is 6.04 Å². The van der Waals surface area contributed by atoms with Crippen molar-refractivity contribution in [1.29, 1.82) is 0 Å². The molecular weight excluding hydrogens is 444 g/mol. The number of alkyl halides is 10. The summed E-state index contributed by atoms with van der Waals surface area (Å²) in [6.07, 6.45) is -23.1. The van der Waals surface area contributed by atoms with Crippen molar-refractivity contribution in [2.45, 2.75) is 36.5 Å². The quantitative estimate of drug-likeness (QED) is 0.346. The van der Waals surface area contributed by atoms with Crippen molar-refractivity contribution in [2.75, 3.05) is 31.8 Å². The molecule has 0 saturated carbocycles. The van der Waals surface area contributed by atoms with E-state index in [1.165, 1.54) is 7.11 Å². The zero-order valence-corrected chi connectivity index (χ0v) is 14.7. The Hall–Kier alpha value is -1.00. The first-order chi connectivity index (χ1) is 12.5. The van der Waals surface area contributed by atoms with Gasteiger partial charge in [0, 0.05) is 25.2 Å². The second-order valence-electron chi connectivity index (χ2n) is 5.10. The lowest BCUT2D eigenvalue weighted by molar-refractivity contribution is -0.444. The highest BCUT2D eigenvalue weighted by atomic mass is 32.2. The summed E-state index contributed by atoms with van der Waals surface area (Å²) < 4.78 is 133. The van der Waals surface area contributed by atoms with Crippen molar-refractivity contribution in [2.24, 2.45) is 0 Å². The third kappa shape index (κ3) is 7.79. The third-order valence-corrected chi connectivity index (χ3v) is 3.97. The molecule has 0 aliphatic carbocycles. The van der Waals surface area contributed by atoms with Crippen LogP contribution in [0.3, 0.4) is 0 Å². The molecule has 5 nitrogen and oxygen atoms in total. The largest absolute Gasteiger partial charge is 0.480 e. The van der Waals surface area contributed by atoms with Gasteiger partial charge in [-0.25, -0.2) is 0 Å². The fraction of sp³-hybridized carbons (Fsp3) is 0.917. The number of hydrogen-bond acceptors (Lipinski definition) is 5. The van der Waals surface area contributed by atoms with Gasteiger partial charge in [0.15, 0.2) is 6.10 Å². The fourth-order valence-electron chi connectivity index (χ4n) is 1.45. The highest BCUT2D eigenvalue weighted by Gasteiger charge is 2.75. The van der Waals surface area contributed by atoms with E-state index < -0.39 is 49.0 Å². The number of carbonyl (C=O) groups is 1. The lowest BCUT2D eigenvalue weighted by Gasteiger charge is -2.32. The molecular formula is C12H15F10NO4S. The van der Waals surface area contributed by atoms with Crippen LogP contribution in [0.5, 0.6) is 0 Å². The summed E-state index contributed by atoms with van der Waals surface area (Å²) in [5, 5.41) is 10.5. The maximum absolute atomic E-state index is 13.1. The average molecular weight is 459 g/mol. The second kappa shape index (κ2) is 10.2. The number of rotatable bonds is 12. The van der Waals surface area contributed by atoms with Crippen LogP contribution in [0.4, 0.5) is 43.9 Å². The molecule has 0 rings (SSSR count). The van der Waals surface area contributed by atoms with E-state index in [0.717, 1.165) is 11.8 Å². The Morgan fingerprint density at radius 2 is 1.61 bits per heavy atom. The maximum atomic E-state index is 13.1. The predicted octanol–water partition coefficient (Wildman–Crippen LogP) is 3.15. The Morgan fingerprint density at radius 1 is 1.07 bits per heavy atom. The smallest absolute Gasteiger partial charge is 0.462 e. The molecule has 0 bridgehead atoms. The highest BCUT2D eigenvalue weighted by Crippen LogP contribution is 2.48. The predicted molar refractivity (Wildman–Crippen MR) is 75.5 cm³/mol. The lowest BCUT2D eigenvalue weighted by Crippen LogP contribution is -2.58. The van der Waals surface area contributed by atoms with Crippen LogP contribution in [-0.4, -0.2) is 79.4 Å². The number of carboxylic acids is 1. The van der Waals surface area contributed by atoms with E-state index >= 15 is 0 Å². The molecule has 0 heterocycles. The van der Waals surface area contributed by atoms with Crippen molar-refractivity contribution in [3.63, 3.8) is 0 Å². The van der Waals surface area contributed by atoms with Crippen LogP contribution in [0.1, 0.15) is 0 Å². The summed E-state index contributed by atoms with van der Waals surface area (Å²) in [6.45, 7) is -1.65. The summed E-state index contributed by atoms with van der Waals surface area (Å²) in [5.74, 6) is -8.78. The molecule has 0 aromatic carbocycles. The number of hydrogen-bond donors (Lipinski definition) is 2. The second-order valence-corrected chi connectivity index (χ2v) is 6.25. The summed E-state index contributed by atoms with van der Waals surface area (Å²) in [7, 11) is 1.32. The van der Waals surface area contributed by atoms with E-state index in [1.807, 2.05) is 0 Å². The number of nitrogens with one attached hydrogen (secondary N) is 1. The van der Waals surface area contributed by atoms with E-state index in [9.17, 15) is 48.7 Å². The van der Waals surface area contributed by atoms with Gasteiger partial charge in [0.25, 0.3) is 0 Å². The molecule has 0 saturated heterocycles. The molecule has 168 valence electrons. The van der Waals surface area contributed by atoms with Gasteiger partial charge in [0.05, 0.1) is 6.61 Å². The molecule has 16 heteroatoms. The van der Waals surface area contributed by atoms with E-state index in [2.05, 4.69) is 9.47 Å². The Morgan fingerprint density at radius 3 is 2.00 bits per heavy atom. The average Bonchev–Trinajstić information content (AvgIpc) is 2.50. The molecule has 0 aliphatic rings. The molecule has 28 heavy (non-hydrogen) atoms. The molecule has 0 spiro atoms. The monoisotopic (exact) mass is 459 g/mol. The van der Waals surface area contributed by atoms with Crippen molar-refractivity contribution < 1.29 is 63.3 Å². The van der Waals surface area contributed by atoms with E-state index in [-0.39, 0.29) is 18.1 Å². The zero-order chi connectivity index (χ0) is 22.4. The number of ether oxygens (including phenoxy) is 2. The van der Waals surface area contributed by atoms with E-state index in [1.54, 1.807) is 5.32 Å². The van der Waals surface area contributed by atoms with E-state index in [0.29, 0.717) is 0 Å². The number of carboxylic acid groups (broad SMARTS) is 1. The van der Waals surface area contributed by atoms with Gasteiger partial charge in [-0.05, 0) is 0 Å². The van der Waals surface area contributed by atoms with Crippen molar-refractivity contribution in [3.8, 4) is 0 Å². The van der Waals surface area contributed by atoms with Crippen LogP contribution in [0, 0.1) is 0 Å². The van der Waals surface area contributed by atoms with Crippen molar-refractivity contribution in [3.05, 3.63) is 0 Å². The minimum Gasteiger partial charge on any atom is -0.480 e. The molecule has 0 aliphatic heterocycles. The van der Waals surface area contributed by atoms with Crippen molar-refractivity contribution in [1.82, 2.24) is 5.32 Å². The fourth-order valence-corrected chi connectivity index (χ4v) is 2.40. The molecule has 2 N–H and O–H groups in total. The molecule has 0 amide bonds. The zero-order valence-electron chi connectivity index (χ0n) is 13.8. The van der Waals surface area contributed by atoms with Gasteiger partial charge in [-0.3, -0.25) is 4.79 Å². The topological polar surface area (TPSA) is 67.8 Å². The maximum Gasteiger partial charge on any atom is 0.462 e. The third-order valence-electron chi connectivity index (χ3n) is 2.94. The van der Waals surface area contributed by atoms with Gasteiger partial charge in [-0.2, -0.15) is 55.7 Å². The number of methoxy groups -OCH3 is 1. The van der Waals surface area contributed by atoms with Crippen LogP contribution >= 0.6 is 11.8 Å². The van der Waals surface area contributed by atoms with E-state index in [4.69, 9.17) is 5.11 Å². The normalized spacial score (nSPS) is 16.1. The van der Waals surface area contributed by atoms with Crippen LogP contribution in [0.2, 0.25) is 0 Å². The molecule has 0 fully saturated rings. The minimum atomic E-state index is -6.91. The first-order valence-corrected chi connectivity index (χ1v) is 8.22. The first-order valence-electron chi connectivity index (χ1n) is 7.07. The van der Waals surface area contributed by atoms with Gasteiger partial charge in [-0.15, -0.1) is 0 Å². The van der Waals surface area contributed by atoms with Crippen LogP contribution in [0.15, 0.2) is 0 Å². The standard InChI is InChI=1S/C12H15F10NO4S/c1-26-2-3-28-5-6(8(24)25)23-4-7(9(13,14)15)27-12(21,22)10(16,17)11(18,19)20/h6-7,23H,2-5H2,1H3,(H,24,25). The van der Waals surface area contributed by atoms with Gasteiger partial charge >= 0.3 is 30.4 Å². The summed E-state index contributed by atoms with van der Waals surface area (Å²) in [6, 6.07) is -1.76. The molecule has 2 atom stereocenters. The van der Waals surface area contributed by atoms with Crippen LogP contribution in [-0.2, 0) is 14.3 Å². The molecule has 2 unspecified atom stereocenters. The Balaban J connectivity index is 5.22.